The van der Waals surface area contributed by atoms with Gasteiger partial charge in [-0.05, 0) is 90.0 Å². The highest BCUT2D eigenvalue weighted by Crippen LogP contribution is 2.52. The monoisotopic (exact) mass is 598 g/mol. The van der Waals surface area contributed by atoms with Gasteiger partial charge in [0.2, 0.25) is 0 Å². The Morgan fingerprint density at radius 1 is 0.773 bits per heavy atom. The molecular weight excluding hydrogens is 568 g/mol. The van der Waals surface area contributed by atoms with Crippen LogP contribution in [-0.4, -0.2) is 54.7 Å². The van der Waals surface area contributed by atoms with Crippen LogP contribution in [0.25, 0.3) is 6.08 Å². The van der Waals surface area contributed by atoms with Crippen LogP contribution in [-0.2, 0) is 9.47 Å². The topological polar surface area (TPSA) is 141 Å². The van der Waals surface area contributed by atoms with Crippen LogP contribution in [0.4, 0.5) is 0 Å². The minimum Gasteiger partial charge on any atom is -0.508 e. The Hall–Kier alpha value is -5.64. The van der Waals surface area contributed by atoms with Crippen LogP contribution in [0, 0.1) is 0 Å². The first-order chi connectivity index (χ1) is 21.3. The van der Waals surface area contributed by atoms with E-state index < -0.39 is 24.0 Å². The summed E-state index contributed by atoms with van der Waals surface area (Å²) in [5, 5.41) is 29.1. The molecule has 1 aliphatic heterocycles. The summed E-state index contributed by atoms with van der Waals surface area (Å²) in [6, 6.07) is 20.0. The molecule has 0 saturated heterocycles. The van der Waals surface area contributed by atoms with Gasteiger partial charge < -0.3 is 39.0 Å². The second-order valence-electron chi connectivity index (χ2n) is 9.91. The molecule has 4 aromatic rings. The molecule has 5 rings (SSSR count). The molecule has 10 heteroatoms. The van der Waals surface area contributed by atoms with Crippen LogP contribution in [0.15, 0.2) is 84.9 Å². The number of aromatic hydroxyl groups is 3. The number of phenols is 3. The molecule has 2 unspecified atom stereocenters. The van der Waals surface area contributed by atoms with Gasteiger partial charge in [-0.15, -0.1) is 0 Å². The Kier molecular flexibility index (Phi) is 8.90. The Morgan fingerprint density at radius 3 is 2.00 bits per heavy atom. The molecule has 0 amide bonds. The van der Waals surface area contributed by atoms with Gasteiger partial charge in [0.25, 0.3) is 0 Å². The highest BCUT2D eigenvalue weighted by molar-refractivity contribution is 5.90. The van der Waals surface area contributed by atoms with Crippen molar-refractivity contribution in [2.75, 3.05) is 27.4 Å². The largest absolute Gasteiger partial charge is 0.508 e. The van der Waals surface area contributed by atoms with Crippen LogP contribution in [0.5, 0.6) is 34.5 Å². The second kappa shape index (κ2) is 13.1. The molecule has 0 radical (unpaired) electrons. The van der Waals surface area contributed by atoms with Gasteiger partial charge in [0.05, 0.1) is 31.3 Å². The molecule has 2 atom stereocenters. The summed E-state index contributed by atoms with van der Waals surface area (Å²) < 4.78 is 28.4. The van der Waals surface area contributed by atoms with Gasteiger partial charge in [0, 0.05) is 5.56 Å². The molecule has 0 bridgehead atoms. The predicted octanol–water partition coefficient (Wildman–Crippen LogP) is 5.77. The highest BCUT2D eigenvalue weighted by atomic mass is 16.5. The van der Waals surface area contributed by atoms with Gasteiger partial charge in [0.1, 0.15) is 30.8 Å². The zero-order valence-electron chi connectivity index (χ0n) is 23.9. The van der Waals surface area contributed by atoms with Gasteiger partial charge in [-0.25, -0.2) is 9.59 Å². The molecule has 10 nitrogen and oxygen atoms in total. The van der Waals surface area contributed by atoms with Crippen molar-refractivity contribution in [1.29, 1.82) is 0 Å². The van der Waals surface area contributed by atoms with E-state index in [1.807, 2.05) is 6.07 Å². The van der Waals surface area contributed by atoms with Crippen molar-refractivity contribution in [2.45, 2.75) is 12.0 Å². The smallest absolute Gasteiger partial charge is 0.338 e. The number of carbonyl (C=O) groups is 2. The number of fused-ring (bicyclic) bond motifs is 1. The third-order valence-corrected chi connectivity index (χ3v) is 7.09. The average molecular weight is 599 g/mol. The van der Waals surface area contributed by atoms with E-state index in [1.54, 1.807) is 30.4 Å². The first-order valence-electron chi connectivity index (χ1n) is 13.6. The van der Waals surface area contributed by atoms with Crippen LogP contribution in [0.1, 0.15) is 49.4 Å². The van der Waals surface area contributed by atoms with E-state index in [-0.39, 0.29) is 41.8 Å². The Balaban J connectivity index is 1.40. The summed E-state index contributed by atoms with van der Waals surface area (Å²) in [7, 11) is 2.96. The standard InChI is InChI=1S/C34H30O10/c1-40-29-18-23(9-14-28(29)37)31-27(19-43-34(39)22-7-12-25(36)13-8-22)26-16-20(17-30(41-2)32(26)44-31)4-3-15-42-33(38)21-5-10-24(35)11-6-21/h3-14,16-18,27,31,35-37H,15,19H2,1-2H3. The van der Waals surface area contributed by atoms with Gasteiger partial charge in [-0.2, -0.15) is 0 Å². The minimum absolute atomic E-state index is 0.000784. The second-order valence-corrected chi connectivity index (χ2v) is 9.91. The summed E-state index contributed by atoms with van der Waals surface area (Å²) in [5.74, 6) is -0.332. The minimum atomic E-state index is -0.619. The molecule has 0 saturated carbocycles. The van der Waals surface area contributed by atoms with E-state index in [0.717, 1.165) is 11.1 Å². The third-order valence-electron chi connectivity index (χ3n) is 7.09. The maximum atomic E-state index is 12.9. The molecule has 44 heavy (non-hydrogen) atoms. The lowest BCUT2D eigenvalue weighted by Crippen LogP contribution is -2.18. The molecule has 0 aromatic heterocycles. The summed E-state index contributed by atoms with van der Waals surface area (Å²) >= 11 is 0. The number of hydrogen-bond acceptors (Lipinski definition) is 10. The molecule has 0 spiro atoms. The fraction of sp³-hybridized carbons (Fsp3) is 0.176. The Morgan fingerprint density at radius 2 is 1.39 bits per heavy atom. The molecule has 4 aromatic carbocycles. The molecule has 1 heterocycles. The SMILES string of the molecule is COc1cc(C2Oc3c(OC)cc(C=CCOC(=O)c4ccc(O)cc4)cc3C2COC(=O)c2ccc(O)cc2)ccc1O. The number of benzene rings is 4. The van der Waals surface area contributed by atoms with Crippen molar-refractivity contribution in [3.05, 3.63) is 113 Å². The number of ether oxygens (including phenoxy) is 5. The van der Waals surface area contributed by atoms with Crippen LogP contribution < -0.4 is 14.2 Å². The van der Waals surface area contributed by atoms with Crippen molar-refractivity contribution in [3.8, 4) is 34.5 Å². The highest BCUT2D eigenvalue weighted by Gasteiger charge is 2.39. The lowest BCUT2D eigenvalue weighted by atomic mass is 9.90. The first kappa shape index (κ1) is 29.8. The van der Waals surface area contributed by atoms with Crippen LogP contribution in [0.3, 0.4) is 0 Å². The van der Waals surface area contributed by atoms with Gasteiger partial charge in [0.15, 0.2) is 23.0 Å². The van der Waals surface area contributed by atoms with Crippen LogP contribution in [0.2, 0.25) is 0 Å². The van der Waals surface area contributed by atoms with Crippen molar-refractivity contribution in [2.24, 2.45) is 0 Å². The van der Waals surface area contributed by atoms with Gasteiger partial charge in [-0.3, -0.25) is 0 Å². The normalized spacial score (nSPS) is 15.3. The summed E-state index contributed by atoms with van der Waals surface area (Å²) in [4.78, 5) is 25.2. The molecular formula is C34H30O10. The molecule has 1 aliphatic rings. The first-order valence-corrected chi connectivity index (χ1v) is 13.6. The van der Waals surface area contributed by atoms with Crippen molar-refractivity contribution < 1.29 is 48.6 Å². The van der Waals surface area contributed by atoms with E-state index >= 15 is 0 Å². The molecule has 0 fully saturated rings. The van der Waals surface area contributed by atoms with Crippen molar-refractivity contribution >= 4 is 18.0 Å². The van der Waals surface area contributed by atoms with E-state index in [1.165, 1.54) is 68.8 Å². The quantitative estimate of drug-likeness (QED) is 0.193. The third kappa shape index (κ3) is 6.54. The van der Waals surface area contributed by atoms with E-state index in [9.17, 15) is 24.9 Å². The molecule has 0 aliphatic carbocycles. The molecule has 3 N–H and O–H groups in total. The Labute approximate surface area is 253 Å². The van der Waals surface area contributed by atoms with Crippen molar-refractivity contribution in [3.63, 3.8) is 0 Å². The lowest BCUT2D eigenvalue weighted by molar-refractivity contribution is 0.0428. The maximum absolute atomic E-state index is 12.9. The van der Waals surface area contributed by atoms with Gasteiger partial charge >= 0.3 is 11.9 Å². The van der Waals surface area contributed by atoms with E-state index in [0.29, 0.717) is 22.6 Å². The molecule has 226 valence electrons. The fourth-order valence-electron chi connectivity index (χ4n) is 4.85. The summed E-state index contributed by atoms with van der Waals surface area (Å²) in [6.07, 6.45) is 2.83. The number of phenolic OH excluding ortho intramolecular Hbond substituents is 3. The summed E-state index contributed by atoms with van der Waals surface area (Å²) in [6.45, 7) is -0.0552. The Bertz CT molecular complexity index is 1680. The zero-order valence-corrected chi connectivity index (χ0v) is 23.9. The average Bonchev–Trinajstić information content (AvgIpc) is 3.40. The number of carbonyl (C=O) groups excluding carboxylic acids is 2. The number of rotatable bonds is 10. The van der Waals surface area contributed by atoms with E-state index in [4.69, 9.17) is 23.7 Å². The van der Waals surface area contributed by atoms with Gasteiger partial charge in [-0.1, -0.05) is 12.1 Å². The number of methoxy groups -OCH3 is 2. The number of hydrogen-bond donors (Lipinski definition) is 3. The fourth-order valence-corrected chi connectivity index (χ4v) is 4.85. The van der Waals surface area contributed by atoms with E-state index in [2.05, 4.69) is 0 Å². The maximum Gasteiger partial charge on any atom is 0.338 e. The van der Waals surface area contributed by atoms with Crippen molar-refractivity contribution in [1.82, 2.24) is 0 Å². The number of esters is 2. The van der Waals surface area contributed by atoms with Crippen LogP contribution >= 0.6 is 0 Å². The zero-order chi connectivity index (χ0) is 31.2. The lowest BCUT2D eigenvalue weighted by Gasteiger charge is -2.20. The summed E-state index contributed by atoms with van der Waals surface area (Å²) in [5.41, 5.74) is 2.72. The predicted molar refractivity (Wildman–Crippen MR) is 160 cm³/mol.